The second kappa shape index (κ2) is 11.9. The number of furan rings is 1. The highest BCUT2D eigenvalue weighted by Gasteiger charge is 2.45. The van der Waals surface area contributed by atoms with E-state index >= 15 is 0 Å². The number of fused-ring (bicyclic) bond motifs is 2. The van der Waals surface area contributed by atoms with Crippen molar-refractivity contribution in [3.8, 4) is 5.75 Å². The van der Waals surface area contributed by atoms with Gasteiger partial charge >= 0.3 is 0 Å². The SMILES string of the molecule is CCN1C(=O)C(C)(C)C(=O)N(C)c2cc(OCCCN(C)c3ccnc(CCn4ccc5oc(C)cc5c4=O)c3)ccc21. The zero-order chi connectivity index (χ0) is 30.9. The number of nitrogens with zero attached hydrogens (tertiary/aromatic N) is 5. The maximum Gasteiger partial charge on any atom is 0.261 e. The Morgan fingerprint density at radius 1 is 1.02 bits per heavy atom. The molecule has 0 saturated heterocycles. The van der Waals surface area contributed by atoms with Crippen LogP contribution >= 0.6 is 0 Å². The van der Waals surface area contributed by atoms with Gasteiger partial charge in [0.05, 0.1) is 23.4 Å². The maximum atomic E-state index is 13.1. The number of anilines is 3. The Morgan fingerprint density at radius 3 is 2.58 bits per heavy atom. The summed E-state index contributed by atoms with van der Waals surface area (Å²) in [6.07, 6.45) is 4.96. The summed E-state index contributed by atoms with van der Waals surface area (Å²) >= 11 is 0. The van der Waals surface area contributed by atoms with Crippen molar-refractivity contribution in [2.75, 3.05) is 48.5 Å². The van der Waals surface area contributed by atoms with Gasteiger partial charge in [0.1, 0.15) is 22.5 Å². The van der Waals surface area contributed by atoms with Crippen LogP contribution in [0.15, 0.2) is 64.1 Å². The van der Waals surface area contributed by atoms with Crippen LogP contribution in [0, 0.1) is 12.3 Å². The molecule has 1 aliphatic heterocycles. The number of amides is 2. The van der Waals surface area contributed by atoms with Gasteiger partial charge in [-0.2, -0.15) is 0 Å². The van der Waals surface area contributed by atoms with Gasteiger partial charge in [-0.15, -0.1) is 0 Å². The molecule has 0 atom stereocenters. The molecule has 3 aromatic heterocycles. The number of aromatic nitrogens is 2. The molecule has 1 aliphatic rings. The molecular formula is C33H39N5O5. The van der Waals surface area contributed by atoms with Crippen LogP contribution < -0.4 is 25.0 Å². The molecule has 0 fully saturated rings. The molecule has 0 aliphatic carbocycles. The number of rotatable bonds is 10. The minimum Gasteiger partial charge on any atom is -0.493 e. The normalized spacial score (nSPS) is 14.7. The molecular weight excluding hydrogens is 546 g/mol. The predicted octanol–water partition coefficient (Wildman–Crippen LogP) is 4.80. The van der Waals surface area contributed by atoms with Gasteiger partial charge in [0.2, 0.25) is 11.8 Å². The first-order valence-corrected chi connectivity index (χ1v) is 14.6. The van der Waals surface area contributed by atoms with E-state index in [9.17, 15) is 14.4 Å². The molecule has 0 unspecified atom stereocenters. The number of pyridine rings is 2. The van der Waals surface area contributed by atoms with E-state index in [2.05, 4.69) is 9.88 Å². The molecule has 0 radical (unpaired) electrons. The van der Waals surface area contributed by atoms with E-state index in [0.717, 1.165) is 30.1 Å². The second-order valence-electron chi connectivity index (χ2n) is 11.5. The van der Waals surface area contributed by atoms with Gasteiger partial charge in [-0.05, 0) is 70.5 Å². The van der Waals surface area contributed by atoms with Crippen LogP contribution in [0.2, 0.25) is 0 Å². The first kappa shape index (κ1) is 29.9. The number of ether oxygens (including phenoxy) is 1. The fraction of sp³-hybridized carbons (Fsp3) is 0.394. The fourth-order valence-corrected chi connectivity index (χ4v) is 5.55. The Labute approximate surface area is 251 Å². The molecule has 2 amide bonds. The Kier molecular flexibility index (Phi) is 8.30. The van der Waals surface area contributed by atoms with Gasteiger partial charge in [0, 0.05) is 70.0 Å². The molecule has 43 heavy (non-hydrogen) atoms. The Hall–Kier alpha value is -4.60. The quantitative estimate of drug-likeness (QED) is 0.195. The van der Waals surface area contributed by atoms with Crippen LogP contribution in [0.1, 0.15) is 38.6 Å². The van der Waals surface area contributed by atoms with Crippen molar-refractivity contribution in [2.45, 2.75) is 47.1 Å². The molecule has 4 heterocycles. The summed E-state index contributed by atoms with van der Waals surface area (Å²) in [5.41, 5.74) is 2.71. The monoisotopic (exact) mass is 585 g/mol. The number of carbonyl (C=O) groups excluding carboxylic acids is 2. The second-order valence-corrected chi connectivity index (χ2v) is 11.5. The van der Waals surface area contributed by atoms with Crippen molar-refractivity contribution >= 4 is 39.8 Å². The van der Waals surface area contributed by atoms with Crippen molar-refractivity contribution in [2.24, 2.45) is 5.41 Å². The summed E-state index contributed by atoms with van der Waals surface area (Å²) < 4.78 is 13.3. The standard InChI is InChI=1S/C33H39N5O5/c1-7-38-27-10-9-25(21-28(27)36(6)31(40)33(3,4)32(38)41)42-18-8-15-35(5)24-11-14-34-23(20-24)12-16-37-17-13-29-26(30(37)39)19-22(2)43-29/h9-11,13-14,17,19-21H,7-8,12,15-16,18H2,1-6H3. The molecule has 0 saturated carbocycles. The van der Waals surface area contributed by atoms with Crippen LogP contribution in [-0.2, 0) is 22.6 Å². The van der Waals surface area contributed by atoms with Crippen LogP contribution in [0.4, 0.5) is 17.1 Å². The van der Waals surface area contributed by atoms with Gasteiger partial charge in [0.15, 0.2) is 0 Å². The van der Waals surface area contributed by atoms with E-state index in [4.69, 9.17) is 9.15 Å². The van der Waals surface area contributed by atoms with Crippen molar-refractivity contribution in [1.82, 2.24) is 9.55 Å². The Morgan fingerprint density at radius 2 is 1.81 bits per heavy atom. The number of benzene rings is 1. The number of hydrogen-bond acceptors (Lipinski definition) is 7. The van der Waals surface area contributed by atoms with E-state index in [1.54, 1.807) is 53.7 Å². The average Bonchev–Trinajstić information content (AvgIpc) is 3.38. The predicted molar refractivity (Wildman–Crippen MR) is 168 cm³/mol. The smallest absolute Gasteiger partial charge is 0.261 e. The molecule has 226 valence electrons. The number of aryl methyl sites for hydroxylation is 3. The average molecular weight is 586 g/mol. The summed E-state index contributed by atoms with van der Waals surface area (Å²) in [5, 5.41) is 0.594. The minimum absolute atomic E-state index is 0.0598. The van der Waals surface area contributed by atoms with E-state index in [-0.39, 0.29) is 17.4 Å². The Bertz CT molecular complexity index is 1720. The molecule has 1 aromatic carbocycles. The highest BCUT2D eigenvalue weighted by molar-refractivity contribution is 6.20. The molecule has 0 N–H and O–H groups in total. The lowest BCUT2D eigenvalue weighted by Gasteiger charge is -2.27. The topological polar surface area (TPSA) is 101 Å². The summed E-state index contributed by atoms with van der Waals surface area (Å²) in [6.45, 7) is 9.33. The molecule has 10 nitrogen and oxygen atoms in total. The maximum absolute atomic E-state index is 13.1. The van der Waals surface area contributed by atoms with Gasteiger partial charge in [-0.25, -0.2) is 0 Å². The molecule has 10 heteroatoms. The van der Waals surface area contributed by atoms with E-state index in [1.807, 2.05) is 57.3 Å². The third kappa shape index (κ3) is 5.86. The first-order chi connectivity index (χ1) is 20.5. The van der Waals surface area contributed by atoms with Crippen LogP contribution in [0.25, 0.3) is 11.0 Å². The largest absolute Gasteiger partial charge is 0.493 e. The number of hydrogen-bond donors (Lipinski definition) is 0. The summed E-state index contributed by atoms with van der Waals surface area (Å²) in [5.74, 6) is 0.919. The summed E-state index contributed by atoms with van der Waals surface area (Å²) in [7, 11) is 3.73. The van der Waals surface area contributed by atoms with Crippen molar-refractivity contribution in [1.29, 1.82) is 0 Å². The van der Waals surface area contributed by atoms with Crippen molar-refractivity contribution in [3.05, 3.63) is 76.7 Å². The van der Waals surface area contributed by atoms with Crippen LogP contribution in [-0.4, -0.2) is 55.2 Å². The van der Waals surface area contributed by atoms with Gasteiger partial charge in [-0.3, -0.25) is 19.4 Å². The first-order valence-electron chi connectivity index (χ1n) is 14.6. The van der Waals surface area contributed by atoms with Crippen molar-refractivity contribution in [3.63, 3.8) is 0 Å². The molecule has 4 aromatic rings. The van der Waals surface area contributed by atoms with E-state index in [0.29, 0.717) is 54.2 Å². The third-order valence-electron chi connectivity index (χ3n) is 8.07. The lowest BCUT2D eigenvalue weighted by Crippen LogP contribution is -2.47. The fourth-order valence-electron chi connectivity index (χ4n) is 5.55. The lowest BCUT2D eigenvalue weighted by molar-refractivity contribution is -0.137. The van der Waals surface area contributed by atoms with E-state index < -0.39 is 5.41 Å². The molecule has 5 rings (SSSR count). The van der Waals surface area contributed by atoms with Crippen molar-refractivity contribution < 1.29 is 18.7 Å². The van der Waals surface area contributed by atoms with Crippen LogP contribution in [0.5, 0.6) is 5.75 Å². The highest BCUT2D eigenvalue weighted by Crippen LogP contribution is 2.40. The Balaban J connectivity index is 1.17. The highest BCUT2D eigenvalue weighted by atomic mass is 16.5. The van der Waals surface area contributed by atoms with E-state index in [1.165, 1.54) is 0 Å². The minimum atomic E-state index is -1.15. The zero-order valence-corrected chi connectivity index (χ0v) is 25.7. The van der Waals surface area contributed by atoms with Crippen LogP contribution in [0.3, 0.4) is 0 Å². The summed E-state index contributed by atoms with van der Waals surface area (Å²) in [4.78, 5) is 48.9. The third-order valence-corrected chi connectivity index (χ3v) is 8.07. The summed E-state index contributed by atoms with van der Waals surface area (Å²) in [6, 6.07) is 13.2. The van der Waals surface area contributed by atoms with Gasteiger partial charge in [-0.1, -0.05) is 0 Å². The molecule has 0 spiro atoms. The van der Waals surface area contributed by atoms with Gasteiger partial charge < -0.3 is 28.4 Å². The number of carbonyl (C=O) groups is 2. The molecule has 0 bridgehead atoms. The van der Waals surface area contributed by atoms with Gasteiger partial charge in [0.25, 0.3) is 5.56 Å². The zero-order valence-electron chi connectivity index (χ0n) is 25.7. The lowest BCUT2D eigenvalue weighted by atomic mass is 9.90.